The lowest BCUT2D eigenvalue weighted by Crippen LogP contribution is -1.92. The number of nitrogen functional groups attached to an aromatic ring is 1. The van der Waals surface area contributed by atoms with E-state index in [0.29, 0.717) is 24.3 Å². The second kappa shape index (κ2) is 8.62. The van der Waals surface area contributed by atoms with Gasteiger partial charge in [-0.3, -0.25) is 0 Å². The molecule has 0 amide bonds. The number of H-pyrrole nitrogens is 1. The van der Waals surface area contributed by atoms with Gasteiger partial charge >= 0.3 is 0 Å². The summed E-state index contributed by atoms with van der Waals surface area (Å²) in [5, 5.41) is 0. The van der Waals surface area contributed by atoms with Crippen LogP contribution in [0.1, 0.15) is 56.5 Å². The molecule has 3 rings (SSSR count). The maximum absolute atomic E-state index is 5.42. The first-order valence-corrected chi connectivity index (χ1v) is 8.59. The third kappa shape index (κ3) is 5.29. The predicted octanol–water partition coefficient (Wildman–Crippen LogP) is 4.62. The fourth-order valence-electron chi connectivity index (χ4n) is 2.40. The van der Waals surface area contributed by atoms with Crippen molar-refractivity contribution in [1.29, 1.82) is 0 Å². The van der Waals surface area contributed by atoms with Crippen molar-refractivity contribution in [2.75, 3.05) is 12.8 Å². The van der Waals surface area contributed by atoms with Crippen LogP contribution in [-0.2, 0) is 11.3 Å². The summed E-state index contributed by atoms with van der Waals surface area (Å²) in [6, 6.07) is 10.2. The van der Waals surface area contributed by atoms with Gasteiger partial charge in [0.2, 0.25) is 0 Å². The molecule has 0 aliphatic heterocycles. The Morgan fingerprint density at radius 1 is 1.04 bits per heavy atom. The van der Waals surface area contributed by atoms with Gasteiger partial charge in [0.1, 0.15) is 18.2 Å². The van der Waals surface area contributed by atoms with Gasteiger partial charge in [-0.25, -0.2) is 9.97 Å². The molecule has 1 aromatic carbocycles. The van der Waals surface area contributed by atoms with Crippen molar-refractivity contribution in [3.8, 4) is 0 Å². The number of aromatic amines is 1. The molecule has 3 aromatic rings. The van der Waals surface area contributed by atoms with Crippen LogP contribution >= 0.6 is 0 Å². The number of aromatic nitrogens is 3. The monoisotopic (exact) mass is 340 g/mol. The number of ether oxygens (including phenoxy) is 1. The summed E-state index contributed by atoms with van der Waals surface area (Å²) in [7, 11) is 1.67. The summed E-state index contributed by atoms with van der Waals surface area (Å²) in [6.07, 6.45) is 1.82. The minimum Gasteiger partial charge on any atom is -0.384 e. The molecule has 0 spiro atoms. The first-order valence-electron chi connectivity index (χ1n) is 8.59. The number of anilines is 1. The number of nitrogens with two attached hydrogens (primary N) is 1. The molecular formula is C20H28N4O. The van der Waals surface area contributed by atoms with Crippen molar-refractivity contribution in [3.63, 3.8) is 0 Å². The molecule has 0 saturated heterocycles. The van der Waals surface area contributed by atoms with Crippen LogP contribution in [0.4, 0.5) is 5.82 Å². The highest BCUT2D eigenvalue weighted by Crippen LogP contribution is 2.20. The van der Waals surface area contributed by atoms with Gasteiger partial charge in [0.05, 0.1) is 11.0 Å². The predicted molar refractivity (Wildman–Crippen MR) is 104 cm³/mol. The van der Waals surface area contributed by atoms with Crippen LogP contribution in [0, 0.1) is 0 Å². The Morgan fingerprint density at radius 3 is 2.28 bits per heavy atom. The van der Waals surface area contributed by atoms with Gasteiger partial charge in [0.15, 0.2) is 0 Å². The molecule has 2 aromatic heterocycles. The van der Waals surface area contributed by atoms with E-state index < -0.39 is 0 Å². The number of benzene rings is 1. The summed E-state index contributed by atoms with van der Waals surface area (Å²) in [5.74, 6) is 2.55. The van der Waals surface area contributed by atoms with E-state index >= 15 is 0 Å². The summed E-state index contributed by atoms with van der Waals surface area (Å²) >= 11 is 0. The van der Waals surface area contributed by atoms with Crippen molar-refractivity contribution in [1.82, 2.24) is 15.0 Å². The van der Waals surface area contributed by atoms with Gasteiger partial charge in [0, 0.05) is 13.3 Å². The molecule has 2 heterocycles. The second-order valence-corrected chi connectivity index (χ2v) is 6.72. The molecule has 0 fully saturated rings. The maximum atomic E-state index is 5.42. The Hall–Kier alpha value is -2.40. The molecule has 0 radical (unpaired) electrons. The molecule has 5 nitrogen and oxygen atoms in total. The molecule has 0 bridgehead atoms. The maximum Gasteiger partial charge on any atom is 0.133 e. The van der Waals surface area contributed by atoms with E-state index in [9.17, 15) is 0 Å². The van der Waals surface area contributed by atoms with Crippen LogP contribution < -0.4 is 5.73 Å². The number of hydrogen-bond donors (Lipinski definition) is 2. The number of fused-ring (bicyclic) bond motifs is 1. The molecule has 3 N–H and O–H groups in total. The topological polar surface area (TPSA) is 76.8 Å². The Bertz CT molecular complexity index is 791. The molecule has 5 heteroatoms. The lowest BCUT2D eigenvalue weighted by atomic mass is 10.0. The molecule has 134 valence electrons. The SMILES string of the molecule is CC(C)c1ccc(N)nc1.COCc1nc2ccc(C(C)C)cc2[nH]1. The lowest BCUT2D eigenvalue weighted by molar-refractivity contribution is 0.179. The molecule has 0 aliphatic carbocycles. The smallest absolute Gasteiger partial charge is 0.133 e. The van der Waals surface area contributed by atoms with Crippen molar-refractivity contribution in [3.05, 3.63) is 53.5 Å². The summed E-state index contributed by atoms with van der Waals surface area (Å²) in [4.78, 5) is 11.7. The fourth-order valence-corrected chi connectivity index (χ4v) is 2.40. The average Bonchev–Trinajstić information content (AvgIpc) is 2.97. The molecular weight excluding hydrogens is 312 g/mol. The quantitative estimate of drug-likeness (QED) is 0.726. The van der Waals surface area contributed by atoms with Crippen molar-refractivity contribution in [2.24, 2.45) is 0 Å². The highest BCUT2D eigenvalue weighted by molar-refractivity contribution is 5.76. The van der Waals surface area contributed by atoms with Crippen LogP contribution in [-0.4, -0.2) is 22.1 Å². The number of imidazole rings is 1. The van der Waals surface area contributed by atoms with E-state index in [4.69, 9.17) is 10.5 Å². The minimum absolute atomic E-state index is 0.533. The first-order chi connectivity index (χ1) is 11.9. The number of methoxy groups -OCH3 is 1. The van der Waals surface area contributed by atoms with Gasteiger partial charge < -0.3 is 15.5 Å². The molecule has 0 atom stereocenters. The summed E-state index contributed by atoms with van der Waals surface area (Å²) in [6.45, 7) is 9.17. The largest absolute Gasteiger partial charge is 0.384 e. The Balaban J connectivity index is 0.000000196. The summed E-state index contributed by atoms with van der Waals surface area (Å²) in [5.41, 5.74) is 10.1. The normalized spacial score (nSPS) is 11.0. The number of rotatable bonds is 4. The van der Waals surface area contributed by atoms with Crippen molar-refractivity contribution < 1.29 is 4.74 Å². The van der Waals surface area contributed by atoms with Crippen LogP contribution in [0.5, 0.6) is 0 Å². The van der Waals surface area contributed by atoms with E-state index in [2.05, 4.69) is 60.8 Å². The lowest BCUT2D eigenvalue weighted by Gasteiger charge is -2.03. The first kappa shape index (κ1) is 18.9. The fraction of sp³-hybridized carbons (Fsp3) is 0.400. The van der Waals surface area contributed by atoms with Crippen LogP contribution in [0.15, 0.2) is 36.5 Å². The third-order valence-electron chi connectivity index (χ3n) is 3.98. The van der Waals surface area contributed by atoms with Gasteiger partial charge in [-0.05, 0) is 41.2 Å². The zero-order valence-corrected chi connectivity index (χ0v) is 15.7. The Kier molecular flexibility index (Phi) is 6.53. The van der Waals surface area contributed by atoms with Gasteiger partial charge in [-0.15, -0.1) is 0 Å². The molecule has 0 saturated carbocycles. The van der Waals surface area contributed by atoms with E-state index in [1.165, 1.54) is 11.1 Å². The number of nitrogens with one attached hydrogen (secondary N) is 1. The molecule has 25 heavy (non-hydrogen) atoms. The van der Waals surface area contributed by atoms with Gasteiger partial charge in [-0.1, -0.05) is 39.8 Å². The van der Waals surface area contributed by atoms with E-state index in [1.54, 1.807) is 7.11 Å². The Labute approximate surface area is 149 Å². The van der Waals surface area contributed by atoms with Gasteiger partial charge in [-0.2, -0.15) is 0 Å². The highest BCUT2D eigenvalue weighted by Gasteiger charge is 2.05. The molecule has 0 unspecified atom stereocenters. The standard InChI is InChI=1S/C12H16N2O.C8H12N2/c1-8(2)9-4-5-10-11(6-9)14-12(13-10)7-15-3;1-6(2)7-3-4-8(9)10-5-7/h4-6,8H,7H2,1-3H3,(H,13,14);3-6H,1-2H3,(H2,9,10). The number of pyridine rings is 1. The highest BCUT2D eigenvalue weighted by atomic mass is 16.5. The number of hydrogen-bond acceptors (Lipinski definition) is 4. The molecule has 0 aliphatic rings. The zero-order valence-electron chi connectivity index (χ0n) is 15.7. The van der Waals surface area contributed by atoms with Gasteiger partial charge in [0.25, 0.3) is 0 Å². The van der Waals surface area contributed by atoms with Crippen LogP contribution in [0.3, 0.4) is 0 Å². The number of nitrogens with zero attached hydrogens (tertiary/aromatic N) is 2. The minimum atomic E-state index is 0.533. The average molecular weight is 340 g/mol. The van der Waals surface area contributed by atoms with Crippen LogP contribution in [0.25, 0.3) is 11.0 Å². The third-order valence-corrected chi connectivity index (χ3v) is 3.98. The van der Waals surface area contributed by atoms with Crippen LogP contribution in [0.2, 0.25) is 0 Å². The van der Waals surface area contributed by atoms with E-state index in [-0.39, 0.29) is 0 Å². The van der Waals surface area contributed by atoms with Crippen molar-refractivity contribution in [2.45, 2.75) is 46.1 Å². The van der Waals surface area contributed by atoms with E-state index in [0.717, 1.165) is 16.9 Å². The van der Waals surface area contributed by atoms with E-state index in [1.807, 2.05) is 18.3 Å². The van der Waals surface area contributed by atoms with Crippen molar-refractivity contribution >= 4 is 16.9 Å². The zero-order chi connectivity index (χ0) is 18.4. The summed E-state index contributed by atoms with van der Waals surface area (Å²) < 4.78 is 5.04. The second-order valence-electron chi connectivity index (χ2n) is 6.72. The Morgan fingerprint density at radius 2 is 1.72 bits per heavy atom.